The minimum atomic E-state index is -3.67. The molecule has 0 heterocycles. The van der Waals surface area contributed by atoms with Crippen LogP contribution in [0, 0.1) is 0 Å². The lowest BCUT2D eigenvalue weighted by Crippen LogP contribution is -2.06. The molecule has 1 aliphatic rings. The molecule has 0 aromatic heterocycles. The monoisotopic (exact) mass is 322 g/mol. The van der Waals surface area contributed by atoms with Gasteiger partial charge in [-0.25, -0.2) is 0 Å². The van der Waals surface area contributed by atoms with Crippen LogP contribution in [0.2, 0.25) is 0 Å². The molecule has 0 fully saturated rings. The Labute approximate surface area is 129 Å². The summed E-state index contributed by atoms with van der Waals surface area (Å²) < 4.78 is 9.93. The van der Waals surface area contributed by atoms with Gasteiger partial charge in [-0.15, -0.1) is 0 Å². The van der Waals surface area contributed by atoms with E-state index in [-0.39, 0.29) is 17.7 Å². The topological polar surface area (TPSA) is 91.7 Å². The normalized spacial score (nSPS) is 14.0. The van der Waals surface area contributed by atoms with E-state index in [1.165, 1.54) is 6.08 Å². The maximum absolute atomic E-state index is 11.9. The predicted octanol–water partition coefficient (Wildman–Crippen LogP) is 2.90. The molecule has 1 aromatic carbocycles. The van der Waals surface area contributed by atoms with E-state index in [0.29, 0.717) is 24.0 Å². The first-order chi connectivity index (χ1) is 10.3. The molecule has 0 saturated carbocycles. The van der Waals surface area contributed by atoms with Crippen molar-refractivity contribution in [1.82, 2.24) is 0 Å². The standard InChI is InChI=1S/C13H10O2.C3H9O3P/c14-12-8-6-11(7-9-12)13(15)10-4-2-1-3-5-10;1-2-3-7(4,5)6/h1-8H,9H2;2-3H2,1H3,(H2,4,5,6). The van der Waals surface area contributed by atoms with E-state index in [1.54, 1.807) is 31.2 Å². The van der Waals surface area contributed by atoms with Crippen molar-refractivity contribution in [3.05, 3.63) is 59.7 Å². The number of hydrogen-bond acceptors (Lipinski definition) is 3. The van der Waals surface area contributed by atoms with Gasteiger partial charge in [0.05, 0.1) is 0 Å². The summed E-state index contributed by atoms with van der Waals surface area (Å²) in [6, 6.07) is 9.06. The first-order valence-corrected chi connectivity index (χ1v) is 8.68. The number of hydrogen-bond donors (Lipinski definition) is 2. The van der Waals surface area contributed by atoms with Gasteiger partial charge in [-0.1, -0.05) is 43.3 Å². The third-order valence-electron chi connectivity index (χ3n) is 2.79. The summed E-state index contributed by atoms with van der Waals surface area (Å²) in [6.07, 6.45) is 5.59. The number of rotatable bonds is 4. The van der Waals surface area contributed by atoms with Gasteiger partial charge in [0.1, 0.15) is 0 Å². The third-order valence-corrected chi connectivity index (χ3v) is 3.81. The number of carbonyl (C=O) groups excluding carboxylic acids is 2. The van der Waals surface area contributed by atoms with Crippen molar-refractivity contribution in [1.29, 1.82) is 0 Å². The number of Topliss-reactive ketones (excluding diaryl/α,β-unsaturated/α-hetero) is 1. The van der Waals surface area contributed by atoms with Gasteiger partial charge in [0.15, 0.2) is 11.6 Å². The zero-order valence-corrected chi connectivity index (χ0v) is 13.2. The predicted molar refractivity (Wildman–Crippen MR) is 84.8 cm³/mol. The molecule has 0 bridgehead atoms. The molecule has 0 unspecified atom stereocenters. The zero-order valence-electron chi connectivity index (χ0n) is 12.3. The molecule has 118 valence electrons. The second-order valence-corrected chi connectivity index (χ2v) is 6.52. The molecule has 0 radical (unpaired) electrons. The number of carbonyl (C=O) groups is 2. The fourth-order valence-corrected chi connectivity index (χ4v) is 2.33. The Morgan fingerprint density at radius 1 is 1.18 bits per heavy atom. The van der Waals surface area contributed by atoms with Gasteiger partial charge < -0.3 is 9.79 Å². The molecular formula is C16H19O5P. The highest BCUT2D eigenvalue weighted by molar-refractivity contribution is 7.51. The molecular weight excluding hydrogens is 303 g/mol. The Bertz CT molecular complexity index is 625. The first kappa shape index (κ1) is 18.2. The van der Waals surface area contributed by atoms with Crippen molar-refractivity contribution >= 4 is 19.2 Å². The van der Waals surface area contributed by atoms with Crippen LogP contribution in [0.15, 0.2) is 54.1 Å². The number of benzene rings is 1. The second kappa shape index (κ2) is 8.59. The minimum Gasteiger partial charge on any atom is -0.324 e. The zero-order chi connectivity index (χ0) is 16.6. The van der Waals surface area contributed by atoms with E-state index < -0.39 is 7.60 Å². The average Bonchev–Trinajstić information content (AvgIpc) is 2.48. The summed E-state index contributed by atoms with van der Waals surface area (Å²) in [4.78, 5) is 39.1. The molecule has 1 aromatic rings. The van der Waals surface area contributed by atoms with Gasteiger partial charge in [-0.05, 0) is 18.6 Å². The van der Waals surface area contributed by atoms with Crippen molar-refractivity contribution < 1.29 is 23.9 Å². The average molecular weight is 322 g/mol. The molecule has 0 spiro atoms. The Morgan fingerprint density at radius 2 is 1.82 bits per heavy atom. The van der Waals surface area contributed by atoms with E-state index in [4.69, 9.17) is 9.79 Å². The summed E-state index contributed by atoms with van der Waals surface area (Å²) >= 11 is 0. The molecule has 0 amide bonds. The molecule has 22 heavy (non-hydrogen) atoms. The highest BCUT2D eigenvalue weighted by Crippen LogP contribution is 2.34. The van der Waals surface area contributed by atoms with E-state index in [9.17, 15) is 14.2 Å². The maximum Gasteiger partial charge on any atom is 0.325 e. The molecule has 1 aliphatic carbocycles. The van der Waals surface area contributed by atoms with Gasteiger partial charge in [-0.2, -0.15) is 0 Å². The summed E-state index contributed by atoms with van der Waals surface area (Å²) in [5, 5.41) is 0. The van der Waals surface area contributed by atoms with Gasteiger partial charge in [0.25, 0.3) is 0 Å². The SMILES string of the molecule is CCCP(=O)(O)O.O=C1C=CC(C(=O)c2ccccc2)=CC1. The molecule has 0 aliphatic heterocycles. The summed E-state index contributed by atoms with van der Waals surface area (Å²) in [5.41, 5.74) is 1.25. The summed E-state index contributed by atoms with van der Waals surface area (Å²) in [6.45, 7) is 1.74. The van der Waals surface area contributed by atoms with Crippen LogP contribution in [0.25, 0.3) is 0 Å². The molecule has 5 nitrogen and oxygen atoms in total. The van der Waals surface area contributed by atoms with E-state index >= 15 is 0 Å². The second-order valence-electron chi connectivity index (χ2n) is 4.75. The fraction of sp³-hybridized carbons (Fsp3) is 0.250. The van der Waals surface area contributed by atoms with Crippen LogP contribution in [0.1, 0.15) is 30.1 Å². The van der Waals surface area contributed by atoms with Crippen LogP contribution in [0.3, 0.4) is 0 Å². The van der Waals surface area contributed by atoms with Crippen molar-refractivity contribution in [2.24, 2.45) is 0 Å². The highest BCUT2D eigenvalue weighted by atomic mass is 31.2. The maximum atomic E-state index is 11.9. The third kappa shape index (κ3) is 6.76. The Morgan fingerprint density at radius 3 is 2.23 bits per heavy atom. The van der Waals surface area contributed by atoms with Crippen LogP contribution in [0.5, 0.6) is 0 Å². The van der Waals surface area contributed by atoms with Gasteiger partial charge in [-0.3, -0.25) is 14.2 Å². The number of ketones is 2. The van der Waals surface area contributed by atoms with Crippen molar-refractivity contribution in [2.45, 2.75) is 19.8 Å². The molecule has 2 rings (SSSR count). The first-order valence-electron chi connectivity index (χ1n) is 6.89. The van der Waals surface area contributed by atoms with Crippen LogP contribution in [-0.4, -0.2) is 27.5 Å². The fourth-order valence-electron chi connectivity index (χ4n) is 1.75. The van der Waals surface area contributed by atoms with Gasteiger partial charge in [0.2, 0.25) is 0 Å². The van der Waals surface area contributed by atoms with Crippen molar-refractivity contribution in [3.8, 4) is 0 Å². The Kier molecular flexibility index (Phi) is 7.12. The van der Waals surface area contributed by atoms with Crippen molar-refractivity contribution in [3.63, 3.8) is 0 Å². The van der Waals surface area contributed by atoms with E-state index in [1.807, 2.05) is 18.2 Å². The quantitative estimate of drug-likeness (QED) is 0.657. The number of allylic oxidation sites excluding steroid dienone is 4. The smallest absolute Gasteiger partial charge is 0.324 e. The van der Waals surface area contributed by atoms with E-state index in [2.05, 4.69) is 0 Å². The van der Waals surface area contributed by atoms with Gasteiger partial charge >= 0.3 is 7.60 Å². The van der Waals surface area contributed by atoms with Crippen LogP contribution in [0.4, 0.5) is 0 Å². The Hall–Kier alpha value is -1.81. The van der Waals surface area contributed by atoms with Crippen molar-refractivity contribution in [2.75, 3.05) is 6.16 Å². The molecule has 0 atom stereocenters. The Balaban J connectivity index is 0.000000295. The molecule has 2 N–H and O–H groups in total. The minimum absolute atomic E-state index is 0.00694. The molecule has 6 heteroatoms. The van der Waals surface area contributed by atoms with Crippen LogP contribution in [-0.2, 0) is 9.36 Å². The van der Waals surface area contributed by atoms with E-state index in [0.717, 1.165) is 0 Å². The van der Waals surface area contributed by atoms with Crippen LogP contribution < -0.4 is 0 Å². The van der Waals surface area contributed by atoms with Gasteiger partial charge in [0, 0.05) is 23.7 Å². The molecule has 0 saturated heterocycles. The lowest BCUT2D eigenvalue weighted by molar-refractivity contribution is -0.113. The lowest BCUT2D eigenvalue weighted by atomic mass is 9.98. The summed E-state index contributed by atoms with van der Waals surface area (Å²) in [7, 11) is -3.67. The van der Waals surface area contributed by atoms with Crippen LogP contribution >= 0.6 is 7.60 Å². The largest absolute Gasteiger partial charge is 0.325 e. The highest BCUT2D eigenvalue weighted by Gasteiger charge is 2.12. The summed E-state index contributed by atoms with van der Waals surface area (Å²) in [5.74, 6) is 0.0129. The lowest BCUT2D eigenvalue weighted by Gasteiger charge is -2.04.